The molecular formula is C18H19N3. The van der Waals surface area contributed by atoms with E-state index in [0.29, 0.717) is 0 Å². The van der Waals surface area contributed by atoms with Crippen LogP contribution in [-0.2, 0) is 13.1 Å². The zero-order valence-corrected chi connectivity index (χ0v) is 12.3. The van der Waals surface area contributed by atoms with E-state index in [-0.39, 0.29) is 0 Å². The van der Waals surface area contributed by atoms with Crippen LogP contribution in [0.5, 0.6) is 0 Å². The highest BCUT2D eigenvalue weighted by Crippen LogP contribution is 2.24. The van der Waals surface area contributed by atoms with E-state index in [0.717, 1.165) is 31.7 Å². The average molecular weight is 277 g/mol. The molecule has 21 heavy (non-hydrogen) atoms. The third kappa shape index (κ3) is 2.91. The van der Waals surface area contributed by atoms with Gasteiger partial charge in [0.1, 0.15) is 0 Å². The van der Waals surface area contributed by atoms with Crippen molar-refractivity contribution in [1.29, 1.82) is 5.26 Å². The minimum Gasteiger partial charge on any atom is -0.366 e. The summed E-state index contributed by atoms with van der Waals surface area (Å²) >= 11 is 0. The fraction of sp³-hybridized carbons (Fsp3) is 0.278. The molecular weight excluding hydrogens is 258 g/mol. The minimum atomic E-state index is 0.731. The minimum absolute atomic E-state index is 0.731. The van der Waals surface area contributed by atoms with Crippen molar-refractivity contribution in [2.75, 3.05) is 18.0 Å². The third-order valence-corrected chi connectivity index (χ3v) is 4.04. The number of fused-ring (bicyclic) bond motifs is 1. The van der Waals surface area contributed by atoms with Gasteiger partial charge in [0.2, 0.25) is 0 Å². The predicted octanol–water partition coefficient (Wildman–Crippen LogP) is 2.98. The van der Waals surface area contributed by atoms with Gasteiger partial charge in [-0.3, -0.25) is 0 Å². The maximum atomic E-state index is 8.97. The fourth-order valence-electron chi connectivity index (χ4n) is 2.84. The number of benzene rings is 2. The van der Waals surface area contributed by atoms with Gasteiger partial charge < -0.3 is 10.2 Å². The van der Waals surface area contributed by atoms with Gasteiger partial charge in [-0.25, -0.2) is 0 Å². The number of nitriles is 1. The van der Waals surface area contributed by atoms with Crippen LogP contribution < -0.4 is 10.2 Å². The van der Waals surface area contributed by atoms with E-state index < -0.39 is 0 Å². The normalized spacial score (nSPS) is 14.2. The summed E-state index contributed by atoms with van der Waals surface area (Å²) in [5.74, 6) is 0. The quantitative estimate of drug-likeness (QED) is 0.917. The summed E-state index contributed by atoms with van der Waals surface area (Å²) in [6.07, 6.45) is 0. The summed E-state index contributed by atoms with van der Waals surface area (Å²) in [7, 11) is 0. The molecule has 2 aromatic carbocycles. The van der Waals surface area contributed by atoms with Crippen LogP contribution in [0.1, 0.15) is 22.3 Å². The van der Waals surface area contributed by atoms with Gasteiger partial charge in [-0.2, -0.15) is 5.26 Å². The van der Waals surface area contributed by atoms with Crippen molar-refractivity contribution in [2.24, 2.45) is 0 Å². The summed E-state index contributed by atoms with van der Waals surface area (Å²) in [4.78, 5) is 2.42. The molecule has 3 nitrogen and oxygen atoms in total. The van der Waals surface area contributed by atoms with Crippen LogP contribution in [0.15, 0.2) is 42.5 Å². The Morgan fingerprint density at radius 3 is 2.90 bits per heavy atom. The van der Waals surface area contributed by atoms with Crippen LogP contribution in [0, 0.1) is 18.3 Å². The molecule has 0 saturated carbocycles. The van der Waals surface area contributed by atoms with Crippen molar-refractivity contribution < 1.29 is 0 Å². The first-order valence-electron chi connectivity index (χ1n) is 7.31. The average Bonchev–Trinajstić information content (AvgIpc) is 2.72. The maximum absolute atomic E-state index is 8.97. The van der Waals surface area contributed by atoms with Gasteiger partial charge in [0, 0.05) is 31.9 Å². The molecule has 1 heterocycles. The second-order valence-electron chi connectivity index (χ2n) is 5.48. The first-order valence-corrected chi connectivity index (χ1v) is 7.31. The van der Waals surface area contributed by atoms with Crippen LogP contribution in [0.4, 0.5) is 5.69 Å². The largest absolute Gasteiger partial charge is 0.366 e. The predicted molar refractivity (Wildman–Crippen MR) is 85.1 cm³/mol. The van der Waals surface area contributed by atoms with Crippen LogP contribution in [-0.4, -0.2) is 13.1 Å². The van der Waals surface area contributed by atoms with E-state index in [4.69, 9.17) is 5.26 Å². The molecule has 3 rings (SSSR count). The second-order valence-corrected chi connectivity index (χ2v) is 5.48. The van der Waals surface area contributed by atoms with Gasteiger partial charge in [0.15, 0.2) is 0 Å². The van der Waals surface area contributed by atoms with E-state index >= 15 is 0 Å². The van der Waals surface area contributed by atoms with Crippen LogP contribution in [0.2, 0.25) is 0 Å². The van der Waals surface area contributed by atoms with Crippen molar-refractivity contribution in [3.05, 3.63) is 64.7 Å². The number of hydrogen-bond acceptors (Lipinski definition) is 3. The molecule has 2 aromatic rings. The summed E-state index contributed by atoms with van der Waals surface area (Å²) < 4.78 is 0. The van der Waals surface area contributed by atoms with Gasteiger partial charge in [-0.15, -0.1) is 0 Å². The van der Waals surface area contributed by atoms with E-state index in [9.17, 15) is 0 Å². The highest BCUT2D eigenvalue weighted by molar-refractivity contribution is 5.55. The van der Waals surface area contributed by atoms with Crippen LogP contribution >= 0.6 is 0 Å². The van der Waals surface area contributed by atoms with Crippen LogP contribution in [0.3, 0.4) is 0 Å². The van der Waals surface area contributed by atoms with E-state index in [1.54, 1.807) is 0 Å². The van der Waals surface area contributed by atoms with Gasteiger partial charge in [0.25, 0.3) is 0 Å². The Morgan fingerprint density at radius 2 is 2.10 bits per heavy atom. The molecule has 0 aromatic heterocycles. The maximum Gasteiger partial charge on any atom is 0.0991 e. The van der Waals surface area contributed by atoms with Crippen molar-refractivity contribution in [3.8, 4) is 6.07 Å². The van der Waals surface area contributed by atoms with E-state index in [2.05, 4.69) is 53.5 Å². The lowest BCUT2D eigenvalue weighted by atomic mass is 10.0. The van der Waals surface area contributed by atoms with Gasteiger partial charge in [-0.1, -0.05) is 24.3 Å². The molecule has 3 heteroatoms. The van der Waals surface area contributed by atoms with E-state index in [1.807, 2.05) is 12.1 Å². The molecule has 0 saturated heterocycles. The molecule has 0 bridgehead atoms. The highest BCUT2D eigenvalue weighted by Gasteiger charge is 2.15. The molecule has 1 aliphatic heterocycles. The first-order chi connectivity index (χ1) is 10.3. The number of hydrogen-bond donors (Lipinski definition) is 1. The summed E-state index contributed by atoms with van der Waals surface area (Å²) in [5, 5.41) is 12.4. The van der Waals surface area contributed by atoms with Crippen molar-refractivity contribution in [2.45, 2.75) is 20.0 Å². The number of nitrogens with zero attached hydrogens (tertiary/aromatic N) is 2. The second kappa shape index (κ2) is 5.99. The zero-order valence-electron chi connectivity index (χ0n) is 12.3. The van der Waals surface area contributed by atoms with Gasteiger partial charge >= 0.3 is 0 Å². The Balaban J connectivity index is 1.90. The Labute approximate surface area is 125 Å². The van der Waals surface area contributed by atoms with Gasteiger partial charge in [0.05, 0.1) is 11.6 Å². The zero-order chi connectivity index (χ0) is 14.7. The number of nitrogens with one attached hydrogen (secondary N) is 1. The molecule has 0 spiro atoms. The number of anilines is 1. The van der Waals surface area contributed by atoms with Crippen LogP contribution in [0.25, 0.3) is 0 Å². The highest BCUT2D eigenvalue weighted by atomic mass is 15.2. The summed E-state index contributed by atoms with van der Waals surface area (Å²) in [5.41, 5.74) is 5.86. The number of rotatable bonds is 2. The van der Waals surface area contributed by atoms with Gasteiger partial charge in [-0.05, 0) is 41.8 Å². The molecule has 0 unspecified atom stereocenters. The SMILES string of the molecule is Cc1cc(C#N)ccc1CN1CCNCc2ccccc21. The Morgan fingerprint density at radius 1 is 1.24 bits per heavy atom. The van der Waals surface area contributed by atoms with Crippen molar-refractivity contribution >= 4 is 5.69 Å². The third-order valence-electron chi connectivity index (χ3n) is 4.04. The smallest absolute Gasteiger partial charge is 0.0991 e. The Kier molecular flexibility index (Phi) is 3.89. The lowest BCUT2D eigenvalue weighted by Crippen LogP contribution is -2.28. The molecule has 0 radical (unpaired) electrons. The molecule has 0 fully saturated rings. The van der Waals surface area contributed by atoms with E-state index in [1.165, 1.54) is 22.4 Å². The fourth-order valence-corrected chi connectivity index (χ4v) is 2.84. The molecule has 106 valence electrons. The molecule has 0 amide bonds. The lowest BCUT2D eigenvalue weighted by molar-refractivity contribution is 0.688. The monoisotopic (exact) mass is 277 g/mol. The standard InChI is InChI=1S/C18H19N3/c1-14-10-15(11-19)6-7-17(14)13-21-9-8-20-12-16-4-2-3-5-18(16)21/h2-7,10,20H,8-9,12-13H2,1H3. The summed E-state index contributed by atoms with van der Waals surface area (Å²) in [6, 6.07) is 16.7. The summed E-state index contributed by atoms with van der Waals surface area (Å²) in [6.45, 7) is 5.88. The van der Waals surface area contributed by atoms with Crippen molar-refractivity contribution in [1.82, 2.24) is 5.32 Å². The first kappa shape index (κ1) is 13.7. The molecule has 0 atom stereocenters. The lowest BCUT2D eigenvalue weighted by Gasteiger charge is -2.25. The topological polar surface area (TPSA) is 39.1 Å². The number of aryl methyl sites for hydroxylation is 1. The van der Waals surface area contributed by atoms with Crippen molar-refractivity contribution in [3.63, 3.8) is 0 Å². The molecule has 1 N–H and O–H groups in total. The molecule has 1 aliphatic rings. The molecule has 0 aliphatic carbocycles. The number of para-hydroxylation sites is 1. The Hall–Kier alpha value is -2.31. The Bertz CT molecular complexity index is 685.